The molecule has 2 aromatic heterocycles. The summed E-state index contributed by atoms with van der Waals surface area (Å²) >= 11 is 0. The first kappa shape index (κ1) is 21.0. The Kier molecular flexibility index (Phi) is 5.66. The summed E-state index contributed by atoms with van der Waals surface area (Å²) in [6.07, 6.45) is 2.98. The number of carbonyl (C=O) groups excluding carboxylic acids is 1. The number of aromatic nitrogens is 3. The molecule has 0 unspecified atom stereocenters. The number of hydrogen-bond donors (Lipinski definition) is 1. The molecule has 33 heavy (non-hydrogen) atoms. The normalized spacial score (nSPS) is 15.6. The fourth-order valence-electron chi connectivity index (χ4n) is 4.03. The summed E-state index contributed by atoms with van der Waals surface area (Å²) in [6.45, 7) is 3.21. The average molecular weight is 449 g/mol. The van der Waals surface area contributed by atoms with Crippen molar-refractivity contribution in [3.05, 3.63) is 86.5 Å². The highest BCUT2D eigenvalue weighted by atomic mass is 16.7. The summed E-state index contributed by atoms with van der Waals surface area (Å²) in [5.74, 6) is 0.798. The minimum absolute atomic E-state index is 0.0176. The molecule has 0 saturated carbocycles. The molecule has 1 fully saturated rings. The molecule has 0 radical (unpaired) electrons. The van der Waals surface area contributed by atoms with Gasteiger partial charge in [0.05, 0.1) is 12.2 Å². The summed E-state index contributed by atoms with van der Waals surface area (Å²) in [5.41, 5.74) is 0.434. The van der Waals surface area contributed by atoms with E-state index in [2.05, 4.69) is 14.9 Å². The van der Waals surface area contributed by atoms with Crippen molar-refractivity contribution in [2.24, 2.45) is 0 Å². The largest absolute Gasteiger partial charge is 0.454 e. The van der Waals surface area contributed by atoms with Gasteiger partial charge in [0, 0.05) is 45.1 Å². The van der Waals surface area contributed by atoms with Gasteiger partial charge in [-0.3, -0.25) is 24.0 Å². The molecule has 1 N–H and O–H groups in total. The Labute approximate surface area is 189 Å². The zero-order valence-electron chi connectivity index (χ0n) is 17.9. The van der Waals surface area contributed by atoms with Crippen molar-refractivity contribution in [2.45, 2.75) is 13.1 Å². The Hall–Kier alpha value is -3.92. The van der Waals surface area contributed by atoms with E-state index >= 15 is 0 Å². The quantitative estimate of drug-likeness (QED) is 0.610. The lowest BCUT2D eigenvalue weighted by Gasteiger charge is -2.34. The molecule has 4 heterocycles. The second kappa shape index (κ2) is 8.91. The molecule has 170 valence electrons. The number of nitrogens with one attached hydrogen (secondary N) is 1. The maximum atomic E-state index is 13.1. The third-order valence-corrected chi connectivity index (χ3v) is 5.84. The number of amides is 1. The SMILES string of the molecule is O=C(c1c[nH]c(=O)n(Cc2ccc3c(c2)OCO3)c1=O)N1CCN(Cc2ccccn2)CC1. The van der Waals surface area contributed by atoms with Crippen LogP contribution in [0.3, 0.4) is 0 Å². The number of fused-ring (bicyclic) bond motifs is 1. The van der Waals surface area contributed by atoms with Crippen LogP contribution in [-0.2, 0) is 13.1 Å². The van der Waals surface area contributed by atoms with E-state index in [9.17, 15) is 14.4 Å². The predicted octanol–water partition coefficient (Wildman–Crippen LogP) is 0.667. The first-order chi connectivity index (χ1) is 16.1. The summed E-state index contributed by atoms with van der Waals surface area (Å²) in [4.78, 5) is 49.2. The first-order valence-electron chi connectivity index (χ1n) is 10.7. The number of piperazine rings is 1. The second-order valence-electron chi connectivity index (χ2n) is 7.98. The lowest BCUT2D eigenvalue weighted by Crippen LogP contribution is -2.50. The van der Waals surface area contributed by atoms with E-state index in [-0.39, 0.29) is 24.8 Å². The lowest BCUT2D eigenvalue weighted by atomic mass is 10.2. The summed E-state index contributed by atoms with van der Waals surface area (Å²) in [7, 11) is 0. The van der Waals surface area contributed by atoms with Crippen LogP contribution >= 0.6 is 0 Å². The van der Waals surface area contributed by atoms with Gasteiger partial charge in [0.15, 0.2) is 11.5 Å². The predicted molar refractivity (Wildman–Crippen MR) is 118 cm³/mol. The van der Waals surface area contributed by atoms with Gasteiger partial charge in [-0.1, -0.05) is 12.1 Å². The Morgan fingerprint density at radius 3 is 2.61 bits per heavy atom. The molecule has 0 aliphatic carbocycles. The molecule has 5 rings (SSSR count). The minimum Gasteiger partial charge on any atom is -0.454 e. The molecule has 0 spiro atoms. The number of benzene rings is 1. The first-order valence-corrected chi connectivity index (χ1v) is 10.7. The van der Waals surface area contributed by atoms with Crippen LogP contribution in [0.5, 0.6) is 11.5 Å². The smallest absolute Gasteiger partial charge is 0.328 e. The number of aromatic amines is 1. The standard InChI is InChI=1S/C23H23N5O5/c29-21(27-9-7-26(8-10-27)14-17-3-1-2-6-24-17)18-12-25-23(31)28(22(18)30)13-16-4-5-19-20(11-16)33-15-32-19/h1-6,11-12H,7-10,13-15H2,(H,25,31). The van der Waals surface area contributed by atoms with E-state index in [1.54, 1.807) is 29.3 Å². The van der Waals surface area contributed by atoms with Crippen LogP contribution in [0.15, 0.2) is 58.4 Å². The molecule has 10 heteroatoms. The number of pyridine rings is 1. The Bertz CT molecular complexity index is 1280. The van der Waals surface area contributed by atoms with E-state index in [4.69, 9.17) is 9.47 Å². The summed E-state index contributed by atoms with van der Waals surface area (Å²) < 4.78 is 11.7. The number of nitrogens with zero attached hydrogens (tertiary/aromatic N) is 4. The van der Waals surface area contributed by atoms with Gasteiger partial charge in [0.25, 0.3) is 11.5 Å². The molecule has 2 aliphatic heterocycles. The molecule has 2 aliphatic rings. The van der Waals surface area contributed by atoms with Crippen LogP contribution in [0.1, 0.15) is 21.6 Å². The molecular formula is C23H23N5O5. The number of H-pyrrole nitrogens is 1. The van der Waals surface area contributed by atoms with E-state index in [0.29, 0.717) is 49.8 Å². The molecular weight excluding hydrogens is 426 g/mol. The number of rotatable bonds is 5. The topological polar surface area (TPSA) is 110 Å². The molecule has 0 atom stereocenters. The van der Waals surface area contributed by atoms with Crippen molar-refractivity contribution < 1.29 is 14.3 Å². The van der Waals surface area contributed by atoms with Gasteiger partial charge in [-0.15, -0.1) is 0 Å². The van der Waals surface area contributed by atoms with E-state index < -0.39 is 11.2 Å². The maximum Gasteiger partial charge on any atom is 0.328 e. The molecule has 1 amide bonds. The van der Waals surface area contributed by atoms with Crippen LogP contribution < -0.4 is 20.7 Å². The highest BCUT2D eigenvalue weighted by Crippen LogP contribution is 2.32. The van der Waals surface area contributed by atoms with Crippen molar-refractivity contribution in [1.82, 2.24) is 24.3 Å². The molecule has 10 nitrogen and oxygen atoms in total. The van der Waals surface area contributed by atoms with Gasteiger partial charge >= 0.3 is 5.69 Å². The monoisotopic (exact) mass is 449 g/mol. The van der Waals surface area contributed by atoms with Crippen molar-refractivity contribution in [3.63, 3.8) is 0 Å². The second-order valence-corrected chi connectivity index (χ2v) is 7.98. The van der Waals surface area contributed by atoms with Gasteiger partial charge in [-0.2, -0.15) is 0 Å². The van der Waals surface area contributed by atoms with E-state index in [1.807, 2.05) is 18.2 Å². The number of ether oxygens (including phenoxy) is 2. The highest BCUT2D eigenvalue weighted by molar-refractivity contribution is 5.93. The van der Waals surface area contributed by atoms with Gasteiger partial charge in [-0.05, 0) is 29.8 Å². The van der Waals surface area contributed by atoms with Gasteiger partial charge < -0.3 is 19.4 Å². The zero-order valence-corrected chi connectivity index (χ0v) is 17.9. The van der Waals surface area contributed by atoms with Gasteiger partial charge in [0.2, 0.25) is 6.79 Å². The van der Waals surface area contributed by atoms with E-state index in [0.717, 1.165) is 10.3 Å². The zero-order chi connectivity index (χ0) is 22.8. The molecule has 1 aromatic carbocycles. The van der Waals surface area contributed by atoms with E-state index in [1.165, 1.54) is 6.20 Å². The van der Waals surface area contributed by atoms with Crippen LogP contribution in [0, 0.1) is 0 Å². The Morgan fingerprint density at radius 1 is 1.00 bits per heavy atom. The fraction of sp³-hybridized carbons (Fsp3) is 0.304. The van der Waals surface area contributed by atoms with Crippen LogP contribution in [0.25, 0.3) is 0 Å². The van der Waals surface area contributed by atoms with Crippen molar-refractivity contribution in [3.8, 4) is 11.5 Å². The number of hydrogen-bond acceptors (Lipinski definition) is 7. The molecule has 1 saturated heterocycles. The average Bonchev–Trinajstić information content (AvgIpc) is 3.31. The fourth-order valence-corrected chi connectivity index (χ4v) is 4.03. The van der Waals surface area contributed by atoms with Crippen molar-refractivity contribution in [1.29, 1.82) is 0 Å². The van der Waals surface area contributed by atoms with Crippen LogP contribution in [-0.4, -0.2) is 63.2 Å². The number of carbonyl (C=O) groups is 1. The molecule has 3 aromatic rings. The van der Waals surface area contributed by atoms with Gasteiger partial charge in [0.1, 0.15) is 5.56 Å². The summed E-state index contributed by atoms with van der Waals surface area (Å²) in [5, 5.41) is 0. The highest BCUT2D eigenvalue weighted by Gasteiger charge is 2.25. The Balaban J connectivity index is 1.29. The van der Waals surface area contributed by atoms with Crippen LogP contribution in [0.2, 0.25) is 0 Å². The maximum absolute atomic E-state index is 13.1. The van der Waals surface area contributed by atoms with Crippen molar-refractivity contribution >= 4 is 5.91 Å². The Morgan fingerprint density at radius 2 is 1.82 bits per heavy atom. The van der Waals surface area contributed by atoms with Crippen molar-refractivity contribution in [2.75, 3.05) is 33.0 Å². The third-order valence-electron chi connectivity index (χ3n) is 5.84. The van der Waals surface area contributed by atoms with Crippen LogP contribution in [0.4, 0.5) is 0 Å². The summed E-state index contributed by atoms with van der Waals surface area (Å²) in [6, 6.07) is 11.0. The third kappa shape index (κ3) is 4.37. The molecule has 0 bridgehead atoms. The van der Waals surface area contributed by atoms with Gasteiger partial charge in [-0.25, -0.2) is 4.79 Å². The minimum atomic E-state index is -0.614. The lowest BCUT2D eigenvalue weighted by molar-refractivity contribution is 0.0624.